The van der Waals surface area contributed by atoms with Gasteiger partial charge in [0, 0.05) is 17.8 Å². The van der Waals surface area contributed by atoms with Crippen molar-refractivity contribution in [3.8, 4) is 0 Å². The van der Waals surface area contributed by atoms with E-state index in [0.29, 0.717) is 5.69 Å². The summed E-state index contributed by atoms with van der Waals surface area (Å²) in [5, 5.41) is 3.09. The molecule has 3 N–H and O–H groups in total. The third kappa shape index (κ3) is 3.51. The molecule has 0 atom stereocenters. The second kappa shape index (κ2) is 5.83. The highest BCUT2D eigenvalue weighted by Gasteiger charge is 2.29. The molecule has 1 aromatic rings. The van der Waals surface area contributed by atoms with Gasteiger partial charge in [-0.1, -0.05) is 6.92 Å². The van der Waals surface area contributed by atoms with E-state index in [1.54, 1.807) is 12.1 Å². The molecule has 0 aromatic heterocycles. The molecule has 110 valence electrons. The zero-order chi connectivity index (χ0) is 14.8. The summed E-state index contributed by atoms with van der Waals surface area (Å²) in [4.78, 5) is 14.6. The summed E-state index contributed by atoms with van der Waals surface area (Å²) in [5.41, 5.74) is 8.27. The molecule has 0 radical (unpaired) electrons. The molecule has 1 heterocycles. The van der Waals surface area contributed by atoms with Crippen molar-refractivity contribution in [1.29, 1.82) is 0 Å². The Kier molecular flexibility index (Phi) is 4.33. The van der Waals surface area contributed by atoms with Crippen LogP contribution < -0.4 is 11.1 Å². The first-order chi connectivity index (χ1) is 9.39. The van der Waals surface area contributed by atoms with Gasteiger partial charge in [-0.3, -0.25) is 4.79 Å². The molecular weight excluding hydrogens is 250 g/mol. The zero-order valence-electron chi connectivity index (χ0n) is 12.7. The Hall–Kier alpha value is -1.55. The van der Waals surface area contributed by atoms with E-state index >= 15 is 0 Å². The molecule has 1 saturated heterocycles. The van der Waals surface area contributed by atoms with Crippen LogP contribution >= 0.6 is 0 Å². The van der Waals surface area contributed by atoms with Gasteiger partial charge in [0.05, 0.1) is 0 Å². The lowest BCUT2D eigenvalue weighted by molar-refractivity contribution is 0.0891. The van der Waals surface area contributed by atoms with E-state index in [-0.39, 0.29) is 11.3 Å². The number of nitrogen functional groups attached to an aromatic ring is 1. The van der Waals surface area contributed by atoms with E-state index in [2.05, 4.69) is 24.2 Å². The summed E-state index contributed by atoms with van der Waals surface area (Å²) in [6.45, 7) is 7.13. The van der Waals surface area contributed by atoms with Crippen molar-refractivity contribution in [1.82, 2.24) is 10.2 Å². The largest absolute Gasteiger partial charge is 0.399 e. The number of anilines is 1. The smallest absolute Gasteiger partial charge is 0.251 e. The van der Waals surface area contributed by atoms with Crippen LogP contribution in [0, 0.1) is 12.3 Å². The number of carbonyl (C=O) groups is 1. The minimum Gasteiger partial charge on any atom is -0.399 e. The normalized spacial score (nSPS) is 18.8. The van der Waals surface area contributed by atoms with Crippen LogP contribution in [-0.2, 0) is 0 Å². The molecule has 1 fully saturated rings. The molecule has 0 spiro atoms. The molecule has 0 aliphatic carbocycles. The molecule has 0 bridgehead atoms. The first-order valence-corrected chi connectivity index (χ1v) is 7.22. The summed E-state index contributed by atoms with van der Waals surface area (Å²) in [6.07, 6.45) is 2.26. The predicted molar refractivity (Wildman–Crippen MR) is 82.8 cm³/mol. The Bertz CT molecular complexity index is 490. The number of carbonyl (C=O) groups excluding carboxylic acids is 1. The lowest BCUT2D eigenvalue weighted by atomic mass is 9.80. The topological polar surface area (TPSA) is 58.4 Å². The maximum absolute atomic E-state index is 12.3. The minimum atomic E-state index is 0.00246. The molecule has 4 nitrogen and oxygen atoms in total. The fourth-order valence-corrected chi connectivity index (χ4v) is 2.67. The molecule has 4 heteroatoms. The Morgan fingerprint density at radius 1 is 1.40 bits per heavy atom. The maximum Gasteiger partial charge on any atom is 0.251 e. The quantitative estimate of drug-likeness (QED) is 0.830. The summed E-state index contributed by atoms with van der Waals surface area (Å²) in [6, 6.07) is 5.42. The molecule has 1 aromatic carbocycles. The van der Waals surface area contributed by atoms with Crippen molar-refractivity contribution in [2.75, 3.05) is 32.4 Å². The summed E-state index contributed by atoms with van der Waals surface area (Å²) in [7, 11) is 2.15. The number of hydrogen-bond acceptors (Lipinski definition) is 3. The standard InChI is InChI=1S/C16H25N3O/c1-12-10-13(17)4-5-14(12)15(20)18-11-16(2)6-8-19(3)9-7-16/h4-5,10H,6-9,11,17H2,1-3H3,(H,18,20). The van der Waals surface area contributed by atoms with Gasteiger partial charge in [-0.05, 0) is 69.1 Å². The average molecular weight is 275 g/mol. The van der Waals surface area contributed by atoms with Crippen LogP contribution in [0.15, 0.2) is 18.2 Å². The highest BCUT2D eigenvalue weighted by molar-refractivity contribution is 5.96. The second-order valence-electron chi connectivity index (χ2n) is 6.37. The molecule has 1 aliphatic heterocycles. The van der Waals surface area contributed by atoms with E-state index in [0.717, 1.165) is 43.6 Å². The van der Waals surface area contributed by atoms with Crippen molar-refractivity contribution in [2.24, 2.45) is 5.41 Å². The summed E-state index contributed by atoms with van der Waals surface area (Å²) < 4.78 is 0. The van der Waals surface area contributed by atoms with Gasteiger partial charge in [-0.2, -0.15) is 0 Å². The number of nitrogens with zero attached hydrogens (tertiary/aromatic N) is 1. The van der Waals surface area contributed by atoms with Crippen LogP contribution in [0.4, 0.5) is 5.69 Å². The molecule has 0 saturated carbocycles. The van der Waals surface area contributed by atoms with E-state index in [9.17, 15) is 4.79 Å². The lowest BCUT2D eigenvalue weighted by Crippen LogP contribution is -2.43. The van der Waals surface area contributed by atoms with Gasteiger partial charge in [0.1, 0.15) is 0 Å². The number of nitrogens with one attached hydrogen (secondary N) is 1. The first-order valence-electron chi connectivity index (χ1n) is 7.22. The van der Waals surface area contributed by atoms with E-state index in [1.807, 2.05) is 13.0 Å². The molecule has 0 unspecified atom stereocenters. The van der Waals surface area contributed by atoms with E-state index in [1.165, 1.54) is 0 Å². The van der Waals surface area contributed by atoms with Crippen molar-refractivity contribution in [3.05, 3.63) is 29.3 Å². The fraction of sp³-hybridized carbons (Fsp3) is 0.562. The second-order valence-corrected chi connectivity index (χ2v) is 6.37. The van der Waals surface area contributed by atoms with Crippen molar-refractivity contribution in [3.63, 3.8) is 0 Å². The van der Waals surface area contributed by atoms with Gasteiger partial charge >= 0.3 is 0 Å². The zero-order valence-corrected chi connectivity index (χ0v) is 12.7. The van der Waals surface area contributed by atoms with Crippen LogP contribution in [-0.4, -0.2) is 37.5 Å². The molecule has 1 aliphatic rings. The molecular formula is C16H25N3O. The number of amides is 1. The van der Waals surface area contributed by atoms with Gasteiger partial charge in [0.15, 0.2) is 0 Å². The maximum atomic E-state index is 12.3. The highest BCUT2D eigenvalue weighted by atomic mass is 16.1. The molecule has 2 rings (SSSR count). The number of rotatable bonds is 3. The number of aryl methyl sites for hydroxylation is 1. The summed E-state index contributed by atoms with van der Waals surface area (Å²) in [5.74, 6) is 0.00246. The predicted octanol–water partition coefficient (Wildman–Crippen LogP) is 2.04. The Morgan fingerprint density at radius 2 is 2.05 bits per heavy atom. The number of likely N-dealkylation sites (tertiary alicyclic amines) is 1. The van der Waals surface area contributed by atoms with Crippen molar-refractivity contribution < 1.29 is 4.79 Å². The van der Waals surface area contributed by atoms with Crippen LogP contribution in [0.25, 0.3) is 0 Å². The minimum absolute atomic E-state index is 0.00246. The van der Waals surface area contributed by atoms with Crippen LogP contribution in [0.3, 0.4) is 0 Å². The van der Waals surface area contributed by atoms with Gasteiger partial charge in [-0.15, -0.1) is 0 Å². The SMILES string of the molecule is Cc1cc(N)ccc1C(=O)NCC1(C)CCN(C)CC1. The Morgan fingerprint density at radius 3 is 2.65 bits per heavy atom. The van der Waals surface area contributed by atoms with Gasteiger partial charge in [0.25, 0.3) is 5.91 Å². The Balaban J connectivity index is 1.95. The number of benzene rings is 1. The van der Waals surface area contributed by atoms with Crippen molar-refractivity contribution >= 4 is 11.6 Å². The number of hydrogen-bond donors (Lipinski definition) is 2. The number of nitrogens with two attached hydrogens (primary N) is 1. The van der Waals surface area contributed by atoms with E-state index < -0.39 is 0 Å². The highest BCUT2D eigenvalue weighted by Crippen LogP contribution is 2.29. The van der Waals surface area contributed by atoms with Crippen LogP contribution in [0.2, 0.25) is 0 Å². The van der Waals surface area contributed by atoms with Crippen LogP contribution in [0.1, 0.15) is 35.7 Å². The average Bonchev–Trinajstić information content (AvgIpc) is 2.40. The molecule has 1 amide bonds. The monoisotopic (exact) mass is 275 g/mol. The first kappa shape index (κ1) is 14.9. The summed E-state index contributed by atoms with van der Waals surface area (Å²) >= 11 is 0. The van der Waals surface area contributed by atoms with Gasteiger partial charge < -0.3 is 16.0 Å². The fourth-order valence-electron chi connectivity index (χ4n) is 2.67. The van der Waals surface area contributed by atoms with Gasteiger partial charge in [-0.25, -0.2) is 0 Å². The Labute approximate surface area is 121 Å². The van der Waals surface area contributed by atoms with Crippen molar-refractivity contribution in [2.45, 2.75) is 26.7 Å². The lowest BCUT2D eigenvalue weighted by Gasteiger charge is -2.38. The van der Waals surface area contributed by atoms with Crippen LogP contribution in [0.5, 0.6) is 0 Å². The van der Waals surface area contributed by atoms with Gasteiger partial charge in [0.2, 0.25) is 0 Å². The third-order valence-electron chi connectivity index (χ3n) is 4.36. The number of piperidine rings is 1. The van der Waals surface area contributed by atoms with E-state index in [4.69, 9.17) is 5.73 Å². The molecule has 20 heavy (non-hydrogen) atoms. The third-order valence-corrected chi connectivity index (χ3v) is 4.36.